The molecule has 1 amide bonds. The molecule has 11 nitrogen and oxygen atoms in total. The molecule has 3 unspecified atom stereocenters. The fourth-order valence-corrected chi connectivity index (χ4v) is 8.52. The maximum absolute atomic E-state index is 13.4. The lowest BCUT2D eigenvalue weighted by atomic mass is 9.71. The van der Waals surface area contributed by atoms with Gasteiger partial charge in [-0.15, -0.1) is 0 Å². The Labute approximate surface area is 289 Å². The largest absolute Gasteiger partial charge is 0.504 e. The van der Waals surface area contributed by atoms with Gasteiger partial charge in [0.15, 0.2) is 23.0 Å². The molecule has 12 heteroatoms. The minimum Gasteiger partial charge on any atom is -0.504 e. The highest BCUT2D eigenvalue weighted by Gasteiger charge is 2.56. The lowest BCUT2D eigenvalue weighted by Gasteiger charge is -2.60. The van der Waals surface area contributed by atoms with Crippen molar-refractivity contribution < 1.29 is 38.0 Å². The number of benzene rings is 3. The summed E-state index contributed by atoms with van der Waals surface area (Å²) in [5.41, 5.74) is 5.70. The average molecular weight is 683 g/mol. The minimum atomic E-state index is -0.621. The quantitative estimate of drug-likeness (QED) is 0.205. The minimum absolute atomic E-state index is 0.0363. The number of hydrogen-bond donors (Lipinski definition) is 2. The van der Waals surface area contributed by atoms with E-state index in [1.165, 1.54) is 20.1 Å². The normalized spacial score (nSPS) is 23.4. The van der Waals surface area contributed by atoms with Gasteiger partial charge < -0.3 is 29.4 Å². The molecule has 7 rings (SSSR count). The van der Waals surface area contributed by atoms with E-state index in [1.54, 1.807) is 30.3 Å². The van der Waals surface area contributed by atoms with Crippen molar-refractivity contribution in [2.24, 2.45) is 0 Å². The first-order chi connectivity index (χ1) is 24.1. The van der Waals surface area contributed by atoms with Crippen LogP contribution in [0.3, 0.4) is 0 Å². The number of ether oxygens (including phenoxy) is 4. The van der Waals surface area contributed by atoms with Crippen LogP contribution in [0.25, 0.3) is 6.08 Å². The van der Waals surface area contributed by atoms with E-state index in [0.29, 0.717) is 58.1 Å². The third-order valence-corrected chi connectivity index (χ3v) is 10.5. The van der Waals surface area contributed by atoms with E-state index in [1.807, 2.05) is 27.0 Å². The number of aryl methyl sites for hydroxylation is 1. The molecule has 50 heavy (non-hydrogen) atoms. The number of phenolic OH excluding ortho intramolecular Hbond substituents is 1. The van der Waals surface area contributed by atoms with E-state index < -0.39 is 30.8 Å². The molecule has 4 heterocycles. The number of likely N-dealkylation sites (N-methyl/N-ethyl adjacent to an activating group) is 1. The summed E-state index contributed by atoms with van der Waals surface area (Å²) in [6, 6.07) is 9.23. The molecule has 2 bridgehead atoms. The predicted octanol–water partition coefficient (Wildman–Crippen LogP) is 4.74. The predicted molar refractivity (Wildman–Crippen MR) is 181 cm³/mol. The van der Waals surface area contributed by atoms with Crippen LogP contribution in [0.2, 0.25) is 0 Å². The van der Waals surface area contributed by atoms with Crippen molar-refractivity contribution in [3.8, 4) is 34.8 Å². The van der Waals surface area contributed by atoms with Gasteiger partial charge in [0.25, 0.3) is 0 Å². The van der Waals surface area contributed by atoms with E-state index in [0.717, 1.165) is 22.3 Å². The number of nitriles is 1. The number of aromatic hydroxyl groups is 1. The zero-order valence-electron chi connectivity index (χ0n) is 28.6. The molecule has 260 valence electrons. The lowest BCUT2D eigenvalue weighted by Crippen LogP contribution is -2.68. The number of amides is 1. The maximum atomic E-state index is 13.4. The second-order valence-electron chi connectivity index (χ2n) is 13.3. The van der Waals surface area contributed by atoms with Crippen LogP contribution in [0.1, 0.15) is 63.5 Å². The second kappa shape index (κ2) is 13.0. The van der Waals surface area contributed by atoms with Gasteiger partial charge in [-0.1, -0.05) is 24.3 Å². The summed E-state index contributed by atoms with van der Waals surface area (Å²) < 4.78 is 36.8. The summed E-state index contributed by atoms with van der Waals surface area (Å²) in [5.74, 6) is 0.882. The molecule has 3 aromatic carbocycles. The molecule has 4 aliphatic heterocycles. The smallest absolute Gasteiger partial charge is 0.308 e. The zero-order valence-corrected chi connectivity index (χ0v) is 28.6. The Kier molecular flexibility index (Phi) is 8.66. The Balaban J connectivity index is 1.37. The third kappa shape index (κ3) is 5.32. The highest BCUT2D eigenvalue weighted by atomic mass is 19.1. The van der Waals surface area contributed by atoms with Crippen molar-refractivity contribution in [2.75, 3.05) is 27.5 Å². The first-order valence-electron chi connectivity index (χ1n) is 16.6. The van der Waals surface area contributed by atoms with Gasteiger partial charge in [0.1, 0.15) is 18.5 Å². The lowest BCUT2D eigenvalue weighted by molar-refractivity contribution is -0.132. The van der Waals surface area contributed by atoms with Crippen LogP contribution in [0.5, 0.6) is 28.7 Å². The highest BCUT2D eigenvalue weighted by molar-refractivity contribution is 5.91. The van der Waals surface area contributed by atoms with Crippen LogP contribution >= 0.6 is 0 Å². The molecule has 2 N–H and O–H groups in total. The third-order valence-electron chi connectivity index (χ3n) is 10.5. The molecule has 1 saturated heterocycles. The van der Waals surface area contributed by atoms with Gasteiger partial charge in [-0.25, -0.2) is 4.39 Å². The molecule has 0 aromatic heterocycles. The van der Waals surface area contributed by atoms with E-state index in [4.69, 9.17) is 18.9 Å². The number of nitrogens with one attached hydrogen (secondary N) is 1. The number of phenols is 1. The average Bonchev–Trinajstić information content (AvgIpc) is 3.59. The van der Waals surface area contributed by atoms with Crippen molar-refractivity contribution in [1.29, 1.82) is 5.26 Å². The van der Waals surface area contributed by atoms with Gasteiger partial charge in [0.2, 0.25) is 12.7 Å². The number of hydrogen-bond acceptors (Lipinski definition) is 10. The Bertz CT molecular complexity index is 1970. The Morgan fingerprint density at radius 3 is 2.64 bits per heavy atom. The number of esters is 1. The van der Waals surface area contributed by atoms with Gasteiger partial charge >= 0.3 is 5.97 Å². The SMILES string of the molecule is COc1c(C)cc2c(c1O)C1[C@@H]3Cc4c(OC(C)=O)c(C)c5c(c4C(CNC(=O)/C=C/c4cccc(CF)c4)N3[C@@H](C#N)C(C2)N1C)OCO5. The Hall–Kier alpha value is -5.12. The van der Waals surface area contributed by atoms with Gasteiger partial charge in [-0.3, -0.25) is 19.4 Å². The van der Waals surface area contributed by atoms with Crippen LogP contribution in [-0.2, 0) is 29.1 Å². The number of methoxy groups -OCH3 is 1. The van der Waals surface area contributed by atoms with Crippen LogP contribution in [0.4, 0.5) is 4.39 Å². The number of halogens is 1. The molecular formula is C38H39FN4O7. The second-order valence-corrected chi connectivity index (χ2v) is 13.3. The first kappa shape index (κ1) is 33.4. The molecule has 0 aliphatic carbocycles. The van der Waals surface area contributed by atoms with E-state index in [9.17, 15) is 24.3 Å². The number of piperazine rings is 1. The number of fused-ring (bicyclic) bond motifs is 9. The summed E-state index contributed by atoms with van der Waals surface area (Å²) in [6.07, 6.45) is 3.88. The van der Waals surface area contributed by atoms with Crippen molar-refractivity contribution >= 4 is 18.0 Å². The molecule has 0 saturated carbocycles. The van der Waals surface area contributed by atoms with Gasteiger partial charge in [0.05, 0.1) is 25.3 Å². The fourth-order valence-electron chi connectivity index (χ4n) is 8.52. The number of rotatable bonds is 7. The molecule has 4 aliphatic rings. The summed E-state index contributed by atoms with van der Waals surface area (Å²) in [4.78, 5) is 30.2. The van der Waals surface area contributed by atoms with E-state index in [-0.39, 0.29) is 37.1 Å². The molecular weight excluding hydrogens is 643 g/mol. The number of carbonyl (C=O) groups is 2. The van der Waals surface area contributed by atoms with Crippen molar-refractivity contribution in [3.05, 3.63) is 80.9 Å². The Morgan fingerprint density at radius 2 is 1.92 bits per heavy atom. The maximum Gasteiger partial charge on any atom is 0.308 e. The number of nitrogens with zero attached hydrogens (tertiary/aromatic N) is 3. The van der Waals surface area contributed by atoms with Crippen LogP contribution in [0.15, 0.2) is 36.4 Å². The first-order valence-corrected chi connectivity index (χ1v) is 16.6. The molecule has 5 atom stereocenters. The van der Waals surface area contributed by atoms with E-state index >= 15 is 0 Å². The number of carbonyl (C=O) groups excluding carboxylic acids is 2. The fraction of sp³-hybridized carbons (Fsp3) is 0.395. The molecule has 0 radical (unpaired) electrons. The number of alkyl halides is 1. The van der Waals surface area contributed by atoms with Crippen molar-refractivity contribution in [2.45, 2.75) is 70.5 Å². The Morgan fingerprint density at radius 1 is 1.14 bits per heavy atom. The van der Waals surface area contributed by atoms with Gasteiger partial charge in [-0.05, 0) is 68.1 Å². The molecule has 0 spiro atoms. The molecule has 3 aromatic rings. The zero-order chi connectivity index (χ0) is 35.4. The summed E-state index contributed by atoms with van der Waals surface area (Å²) in [7, 11) is 3.50. The standard InChI is InChI=1S/C38H39FN4O7/c1-19-11-24-13-26-28(16-40)43-27(33(42(26)4)31(24)34(46)35(19)47-5)14-25-32(38-37(48-18-49-38)20(2)36(25)50-21(3)44)29(43)17-41-30(45)10-9-22-7-6-8-23(12-22)15-39/h6-12,26-29,33,46H,13-15,17-18H2,1-5H3,(H,41,45)/b10-9+/t26?,27-,28-,29?,33?/m0/s1. The topological polar surface area (TPSA) is 134 Å². The van der Waals surface area contributed by atoms with Crippen LogP contribution in [-0.4, -0.2) is 72.4 Å². The highest BCUT2D eigenvalue weighted by Crippen LogP contribution is 2.58. The monoisotopic (exact) mass is 682 g/mol. The summed E-state index contributed by atoms with van der Waals surface area (Å²) >= 11 is 0. The van der Waals surface area contributed by atoms with Crippen LogP contribution < -0.4 is 24.3 Å². The van der Waals surface area contributed by atoms with Crippen molar-refractivity contribution in [3.63, 3.8) is 0 Å². The van der Waals surface area contributed by atoms with Gasteiger partial charge in [-0.2, -0.15) is 5.26 Å². The summed E-state index contributed by atoms with van der Waals surface area (Å²) in [5, 5.41) is 25.6. The van der Waals surface area contributed by atoms with Crippen molar-refractivity contribution in [1.82, 2.24) is 15.1 Å². The molecule has 1 fully saturated rings. The van der Waals surface area contributed by atoms with Gasteiger partial charge in [0, 0.05) is 53.9 Å². The van der Waals surface area contributed by atoms with E-state index in [2.05, 4.69) is 21.2 Å². The van der Waals surface area contributed by atoms with Crippen LogP contribution in [0, 0.1) is 25.2 Å². The summed E-state index contributed by atoms with van der Waals surface area (Å²) in [6.45, 7) is 4.47.